The lowest BCUT2D eigenvalue weighted by molar-refractivity contribution is -0.120. The molecule has 6 heteroatoms. The first-order valence-corrected chi connectivity index (χ1v) is 6.73. The molecule has 2 amide bonds. The lowest BCUT2D eigenvalue weighted by Gasteiger charge is -2.05. The van der Waals surface area contributed by atoms with Gasteiger partial charge >= 0.3 is 0 Å². The quantitative estimate of drug-likeness (QED) is 0.645. The van der Waals surface area contributed by atoms with Gasteiger partial charge in [0.2, 0.25) is 0 Å². The van der Waals surface area contributed by atoms with Gasteiger partial charge < -0.3 is 5.32 Å². The van der Waals surface area contributed by atoms with Gasteiger partial charge in [0, 0.05) is 12.4 Å². The fourth-order valence-electron chi connectivity index (χ4n) is 1.69. The van der Waals surface area contributed by atoms with Crippen molar-refractivity contribution in [3.05, 3.63) is 66.0 Å². The van der Waals surface area contributed by atoms with Crippen molar-refractivity contribution in [3.63, 3.8) is 0 Å². The average Bonchev–Trinajstić information content (AvgIpc) is 2.59. The Balaban J connectivity index is 1.82. The number of nitrogens with one attached hydrogen (secondary N) is 2. The number of carbonyl (C=O) groups is 2. The summed E-state index contributed by atoms with van der Waals surface area (Å²) in [6, 6.07) is 12.8. The fraction of sp³-hybridized carbons (Fsp3) is 0.125. The zero-order valence-electron chi connectivity index (χ0n) is 12.1. The van der Waals surface area contributed by atoms with Crippen molar-refractivity contribution in [1.29, 1.82) is 0 Å². The second-order valence-electron chi connectivity index (χ2n) is 4.52. The van der Waals surface area contributed by atoms with Crippen LogP contribution in [-0.2, 0) is 4.79 Å². The summed E-state index contributed by atoms with van der Waals surface area (Å²) in [5.74, 6) is -0.750. The zero-order chi connectivity index (χ0) is 15.8. The first-order chi connectivity index (χ1) is 10.7. The van der Waals surface area contributed by atoms with Crippen molar-refractivity contribution in [1.82, 2.24) is 15.7 Å². The van der Waals surface area contributed by atoms with E-state index in [9.17, 15) is 9.59 Å². The van der Waals surface area contributed by atoms with Gasteiger partial charge in [-0.3, -0.25) is 14.6 Å². The van der Waals surface area contributed by atoms with Crippen LogP contribution in [0.5, 0.6) is 0 Å². The van der Waals surface area contributed by atoms with Gasteiger partial charge in [-0.2, -0.15) is 5.10 Å². The van der Waals surface area contributed by atoms with E-state index in [0.29, 0.717) is 11.3 Å². The summed E-state index contributed by atoms with van der Waals surface area (Å²) in [5, 5.41) is 6.50. The first kappa shape index (κ1) is 15.4. The largest absolute Gasteiger partial charge is 0.343 e. The van der Waals surface area contributed by atoms with Crippen LogP contribution in [0.15, 0.2) is 60.0 Å². The van der Waals surface area contributed by atoms with Crippen LogP contribution in [0.4, 0.5) is 0 Å². The molecule has 0 unspecified atom stereocenters. The van der Waals surface area contributed by atoms with Crippen molar-refractivity contribution in [2.45, 2.75) is 6.92 Å². The topological polar surface area (TPSA) is 83.5 Å². The standard InChI is InChI=1S/C16H16N4O2/c1-12(13-6-3-2-4-7-13)19-20-15(21)11-18-16(22)14-8-5-9-17-10-14/h2-10H,11H2,1H3,(H,18,22)(H,20,21)/b19-12+. The Bertz CT molecular complexity index is 669. The molecule has 0 spiro atoms. The van der Waals surface area contributed by atoms with Crippen LogP contribution in [0, 0.1) is 0 Å². The van der Waals surface area contributed by atoms with Gasteiger partial charge in [0.15, 0.2) is 0 Å². The number of rotatable bonds is 5. The van der Waals surface area contributed by atoms with Crippen molar-refractivity contribution < 1.29 is 9.59 Å². The minimum absolute atomic E-state index is 0.153. The van der Waals surface area contributed by atoms with E-state index in [0.717, 1.165) is 5.56 Å². The molecule has 22 heavy (non-hydrogen) atoms. The predicted molar refractivity (Wildman–Crippen MR) is 83.4 cm³/mol. The lowest BCUT2D eigenvalue weighted by atomic mass is 10.1. The van der Waals surface area contributed by atoms with Crippen LogP contribution in [-0.4, -0.2) is 29.1 Å². The van der Waals surface area contributed by atoms with E-state index < -0.39 is 5.91 Å². The number of benzene rings is 1. The average molecular weight is 296 g/mol. The Morgan fingerprint density at radius 3 is 2.50 bits per heavy atom. The van der Waals surface area contributed by atoms with E-state index in [1.54, 1.807) is 25.3 Å². The lowest BCUT2D eigenvalue weighted by Crippen LogP contribution is -2.35. The van der Waals surface area contributed by atoms with Gasteiger partial charge in [-0.1, -0.05) is 30.3 Å². The monoisotopic (exact) mass is 296 g/mol. The van der Waals surface area contributed by atoms with Gasteiger partial charge in [0.1, 0.15) is 0 Å². The predicted octanol–water partition coefficient (Wildman–Crippen LogP) is 1.35. The molecule has 1 heterocycles. The second-order valence-corrected chi connectivity index (χ2v) is 4.52. The summed E-state index contributed by atoms with van der Waals surface area (Å²) in [6.45, 7) is 1.64. The Morgan fingerprint density at radius 2 is 1.82 bits per heavy atom. The molecule has 0 aliphatic rings. The molecule has 0 bridgehead atoms. The molecule has 2 N–H and O–H groups in total. The fourth-order valence-corrected chi connectivity index (χ4v) is 1.69. The summed E-state index contributed by atoms with van der Waals surface area (Å²) < 4.78 is 0. The molecule has 0 aliphatic heterocycles. The molecule has 0 aliphatic carbocycles. The molecule has 0 atom stereocenters. The number of amides is 2. The Kier molecular flexibility index (Phi) is 5.37. The Labute approximate surface area is 128 Å². The second kappa shape index (κ2) is 7.68. The zero-order valence-corrected chi connectivity index (χ0v) is 12.1. The minimum atomic E-state index is -0.396. The van der Waals surface area contributed by atoms with Crippen LogP contribution in [0.3, 0.4) is 0 Å². The van der Waals surface area contributed by atoms with Crippen molar-refractivity contribution in [2.75, 3.05) is 6.54 Å². The van der Waals surface area contributed by atoms with Gasteiger partial charge in [0.05, 0.1) is 17.8 Å². The molecule has 1 aromatic carbocycles. The number of nitrogens with zero attached hydrogens (tertiary/aromatic N) is 2. The normalized spacial score (nSPS) is 10.9. The molecule has 2 aromatic rings. The van der Waals surface area contributed by atoms with E-state index in [4.69, 9.17) is 0 Å². The van der Waals surface area contributed by atoms with E-state index in [-0.39, 0.29) is 12.5 Å². The highest BCUT2D eigenvalue weighted by Gasteiger charge is 2.07. The van der Waals surface area contributed by atoms with Crippen LogP contribution in [0.1, 0.15) is 22.8 Å². The number of aromatic nitrogens is 1. The van der Waals surface area contributed by atoms with Gasteiger partial charge in [-0.15, -0.1) is 0 Å². The molecule has 0 radical (unpaired) electrons. The SMILES string of the molecule is C/C(=N\NC(=O)CNC(=O)c1cccnc1)c1ccccc1. The number of pyridine rings is 1. The van der Waals surface area contributed by atoms with Gasteiger partial charge in [0.25, 0.3) is 11.8 Å². The third kappa shape index (κ3) is 4.52. The number of hydrogen-bond acceptors (Lipinski definition) is 4. The molecular formula is C16H16N4O2. The van der Waals surface area contributed by atoms with Crippen LogP contribution >= 0.6 is 0 Å². The Morgan fingerprint density at radius 1 is 1.09 bits per heavy atom. The molecule has 0 fully saturated rings. The van der Waals surface area contributed by atoms with E-state index in [1.165, 1.54) is 6.20 Å². The minimum Gasteiger partial charge on any atom is -0.343 e. The summed E-state index contributed by atoms with van der Waals surface area (Å²) in [5.41, 5.74) is 4.41. The Hall–Kier alpha value is -3.02. The highest BCUT2D eigenvalue weighted by molar-refractivity contribution is 5.99. The maximum absolute atomic E-state index is 11.7. The summed E-state index contributed by atoms with van der Waals surface area (Å²) in [4.78, 5) is 27.3. The first-order valence-electron chi connectivity index (χ1n) is 6.73. The summed E-state index contributed by atoms with van der Waals surface area (Å²) >= 11 is 0. The van der Waals surface area contributed by atoms with Crippen molar-refractivity contribution in [2.24, 2.45) is 5.10 Å². The van der Waals surface area contributed by atoms with Gasteiger partial charge in [-0.25, -0.2) is 5.43 Å². The number of hydrogen-bond donors (Lipinski definition) is 2. The number of hydrazone groups is 1. The van der Waals surface area contributed by atoms with Crippen LogP contribution in [0.25, 0.3) is 0 Å². The summed E-state index contributed by atoms with van der Waals surface area (Å²) in [7, 11) is 0. The molecule has 1 aromatic heterocycles. The molecule has 6 nitrogen and oxygen atoms in total. The summed E-state index contributed by atoms with van der Waals surface area (Å²) in [6.07, 6.45) is 3.01. The van der Waals surface area contributed by atoms with E-state index in [2.05, 4.69) is 20.8 Å². The molecule has 112 valence electrons. The maximum Gasteiger partial charge on any atom is 0.259 e. The third-order valence-electron chi connectivity index (χ3n) is 2.87. The van der Waals surface area contributed by atoms with Gasteiger partial charge in [-0.05, 0) is 24.6 Å². The highest BCUT2D eigenvalue weighted by Crippen LogP contribution is 1.99. The molecule has 2 rings (SSSR count). The van der Waals surface area contributed by atoms with Crippen molar-refractivity contribution >= 4 is 17.5 Å². The number of carbonyl (C=O) groups excluding carboxylic acids is 2. The van der Waals surface area contributed by atoms with Crippen molar-refractivity contribution in [3.8, 4) is 0 Å². The molecular weight excluding hydrogens is 280 g/mol. The van der Waals surface area contributed by atoms with E-state index >= 15 is 0 Å². The van der Waals surface area contributed by atoms with Crippen LogP contribution in [0.2, 0.25) is 0 Å². The molecule has 0 saturated heterocycles. The highest BCUT2D eigenvalue weighted by atomic mass is 16.2. The van der Waals surface area contributed by atoms with E-state index in [1.807, 2.05) is 30.3 Å². The smallest absolute Gasteiger partial charge is 0.259 e. The molecule has 0 saturated carbocycles. The van der Waals surface area contributed by atoms with Crippen LogP contribution < -0.4 is 10.7 Å². The maximum atomic E-state index is 11.7. The third-order valence-corrected chi connectivity index (χ3v) is 2.87.